The van der Waals surface area contributed by atoms with E-state index in [1.54, 1.807) is 37.6 Å². The van der Waals surface area contributed by atoms with Crippen LogP contribution >= 0.6 is 0 Å². The van der Waals surface area contributed by atoms with Crippen molar-refractivity contribution in [1.29, 1.82) is 0 Å². The molecule has 2 heterocycles. The second-order valence-electron chi connectivity index (χ2n) is 10.7. The molecular formula is C33H30FN5O4. The quantitative estimate of drug-likeness (QED) is 0.216. The molecule has 1 fully saturated rings. The maximum absolute atomic E-state index is 13.7. The van der Waals surface area contributed by atoms with Crippen molar-refractivity contribution < 1.29 is 23.5 Å². The minimum absolute atomic E-state index is 0.378. The topological polar surface area (TPSA) is 113 Å². The van der Waals surface area contributed by atoms with Crippen LogP contribution in [0.25, 0.3) is 11.0 Å². The number of nitrogens with zero attached hydrogens (tertiary/aromatic N) is 4. The lowest BCUT2D eigenvalue weighted by Crippen LogP contribution is -2.41. The summed E-state index contributed by atoms with van der Waals surface area (Å²) in [5.74, 6) is 0.419. The van der Waals surface area contributed by atoms with Crippen LogP contribution in [0.2, 0.25) is 0 Å². The second kappa shape index (κ2) is 10.9. The van der Waals surface area contributed by atoms with Crippen molar-refractivity contribution in [3.63, 3.8) is 0 Å². The monoisotopic (exact) mass is 579 g/mol. The number of amides is 2. The van der Waals surface area contributed by atoms with Crippen molar-refractivity contribution in [1.82, 2.24) is 14.8 Å². The SMILES string of the molecule is COc1ccc(Cn2nc(C)c3c(Oc4ccc(N(C(=O)C5(C(N)=O)CC5)c5ccc(F)cc5)cc4C)ccnc32)cc1. The number of carbonyl (C=O) groups is 2. The van der Waals surface area contributed by atoms with Crippen LogP contribution in [0.3, 0.4) is 0 Å². The predicted octanol–water partition coefficient (Wildman–Crippen LogP) is 5.97. The lowest BCUT2D eigenvalue weighted by atomic mass is 10.0. The molecule has 0 aliphatic heterocycles. The summed E-state index contributed by atoms with van der Waals surface area (Å²) in [5.41, 5.74) is 8.56. The molecule has 2 N–H and O–H groups in total. The summed E-state index contributed by atoms with van der Waals surface area (Å²) in [6.07, 6.45) is 2.44. The molecule has 0 atom stereocenters. The van der Waals surface area contributed by atoms with Crippen LogP contribution in [0.5, 0.6) is 17.2 Å². The van der Waals surface area contributed by atoms with Gasteiger partial charge in [0.1, 0.15) is 28.5 Å². The van der Waals surface area contributed by atoms with Gasteiger partial charge >= 0.3 is 0 Å². The highest BCUT2D eigenvalue weighted by Crippen LogP contribution is 2.49. The van der Waals surface area contributed by atoms with E-state index in [1.807, 2.05) is 42.8 Å². The molecule has 9 nitrogen and oxygen atoms in total. The maximum atomic E-state index is 13.7. The number of hydrogen-bond donors (Lipinski definition) is 1. The standard InChI is InChI=1S/C33H30FN5O4/c1-20-18-25(39(24-8-6-23(34)7-9-24)32(41)33(15-16-33)31(35)40)10-13-27(20)43-28-14-17-36-30-29(28)21(2)37-38(30)19-22-4-11-26(42-3)12-5-22/h4-14,17-18H,15-16,19H2,1-3H3,(H2,35,40). The molecule has 5 aromatic rings. The highest BCUT2D eigenvalue weighted by atomic mass is 19.1. The number of carbonyl (C=O) groups excluding carboxylic acids is 2. The number of methoxy groups -OCH3 is 1. The Hall–Kier alpha value is -5.25. The third-order valence-corrected chi connectivity index (χ3v) is 7.82. The Labute approximate surface area is 247 Å². The number of nitrogens with two attached hydrogens (primary N) is 1. The zero-order valence-corrected chi connectivity index (χ0v) is 24.0. The third kappa shape index (κ3) is 5.16. The fraction of sp³-hybridized carbons (Fsp3) is 0.212. The van der Waals surface area contributed by atoms with Gasteiger partial charge < -0.3 is 15.2 Å². The Balaban J connectivity index is 1.32. The van der Waals surface area contributed by atoms with Gasteiger partial charge in [-0.05, 0) is 98.5 Å². The number of rotatable bonds is 9. The Morgan fingerprint density at radius 2 is 1.67 bits per heavy atom. The van der Waals surface area contributed by atoms with Gasteiger partial charge in [0, 0.05) is 17.6 Å². The molecule has 43 heavy (non-hydrogen) atoms. The highest BCUT2D eigenvalue weighted by molar-refractivity contribution is 6.16. The van der Waals surface area contributed by atoms with Gasteiger partial charge in [-0.25, -0.2) is 14.1 Å². The molecule has 0 spiro atoms. The Morgan fingerprint density at radius 1 is 0.977 bits per heavy atom. The zero-order valence-electron chi connectivity index (χ0n) is 24.0. The molecule has 0 bridgehead atoms. The number of aromatic nitrogens is 3. The smallest absolute Gasteiger partial charge is 0.247 e. The number of pyridine rings is 1. The molecule has 10 heteroatoms. The molecule has 218 valence electrons. The molecule has 1 aliphatic carbocycles. The molecule has 0 saturated heterocycles. The molecule has 1 aliphatic rings. The van der Waals surface area contributed by atoms with Crippen LogP contribution < -0.4 is 20.1 Å². The van der Waals surface area contributed by atoms with Crippen molar-refractivity contribution in [3.05, 3.63) is 102 Å². The number of benzene rings is 3. The number of ether oxygens (including phenoxy) is 2. The van der Waals surface area contributed by atoms with Crippen molar-refractivity contribution in [2.45, 2.75) is 33.2 Å². The van der Waals surface area contributed by atoms with Crippen LogP contribution in [-0.4, -0.2) is 33.7 Å². The van der Waals surface area contributed by atoms with Crippen LogP contribution in [0, 0.1) is 25.1 Å². The Bertz CT molecular complexity index is 1850. The molecule has 6 rings (SSSR count). The molecule has 0 unspecified atom stereocenters. The minimum Gasteiger partial charge on any atom is -0.497 e. The van der Waals surface area contributed by atoms with Gasteiger partial charge in [0.15, 0.2) is 5.65 Å². The van der Waals surface area contributed by atoms with Crippen LogP contribution in [0.15, 0.2) is 79.0 Å². The van der Waals surface area contributed by atoms with E-state index in [4.69, 9.17) is 20.3 Å². The van der Waals surface area contributed by atoms with Crippen molar-refractivity contribution in [3.8, 4) is 17.2 Å². The summed E-state index contributed by atoms with van der Waals surface area (Å²) in [4.78, 5) is 31.9. The van der Waals surface area contributed by atoms with Gasteiger partial charge in [-0.1, -0.05) is 12.1 Å². The first-order valence-electron chi connectivity index (χ1n) is 13.8. The van der Waals surface area contributed by atoms with Gasteiger partial charge in [0.05, 0.1) is 24.7 Å². The van der Waals surface area contributed by atoms with Crippen LogP contribution in [0.1, 0.15) is 29.7 Å². The summed E-state index contributed by atoms with van der Waals surface area (Å²) in [6.45, 7) is 4.31. The number of aryl methyl sites for hydroxylation is 2. The average Bonchev–Trinajstić information content (AvgIpc) is 3.76. The maximum Gasteiger partial charge on any atom is 0.247 e. The van der Waals surface area contributed by atoms with E-state index in [0.717, 1.165) is 28.0 Å². The minimum atomic E-state index is -1.26. The fourth-order valence-electron chi connectivity index (χ4n) is 5.23. The van der Waals surface area contributed by atoms with Crippen LogP contribution in [-0.2, 0) is 16.1 Å². The first kappa shape index (κ1) is 27.9. The van der Waals surface area contributed by atoms with Gasteiger partial charge in [-0.2, -0.15) is 5.10 Å². The summed E-state index contributed by atoms with van der Waals surface area (Å²) in [5, 5.41) is 5.52. The molecular weight excluding hydrogens is 549 g/mol. The first-order chi connectivity index (χ1) is 20.7. The second-order valence-corrected chi connectivity index (χ2v) is 10.7. The van der Waals surface area contributed by atoms with Gasteiger partial charge in [-0.15, -0.1) is 0 Å². The molecule has 0 radical (unpaired) electrons. The molecule has 2 amide bonds. The molecule has 1 saturated carbocycles. The predicted molar refractivity (Wildman–Crippen MR) is 160 cm³/mol. The van der Waals surface area contributed by atoms with Gasteiger partial charge in [0.25, 0.3) is 0 Å². The number of fused-ring (bicyclic) bond motifs is 1. The van der Waals surface area contributed by atoms with Crippen molar-refractivity contribution in [2.24, 2.45) is 11.1 Å². The van der Waals surface area contributed by atoms with Crippen LogP contribution in [0.4, 0.5) is 15.8 Å². The highest BCUT2D eigenvalue weighted by Gasteiger charge is 2.57. The van der Waals surface area contributed by atoms with Crippen molar-refractivity contribution in [2.75, 3.05) is 12.0 Å². The van der Waals surface area contributed by atoms with E-state index in [9.17, 15) is 14.0 Å². The normalized spacial score (nSPS) is 13.5. The van der Waals surface area contributed by atoms with E-state index >= 15 is 0 Å². The summed E-state index contributed by atoms with van der Waals surface area (Å²) in [6, 6.07) is 20.4. The van der Waals surface area contributed by atoms with Crippen molar-refractivity contribution >= 4 is 34.2 Å². The van der Waals surface area contributed by atoms with E-state index in [-0.39, 0.29) is 0 Å². The van der Waals surface area contributed by atoms with E-state index in [1.165, 1.54) is 29.2 Å². The van der Waals surface area contributed by atoms with E-state index < -0.39 is 23.0 Å². The van der Waals surface area contributed by atoms with Gasteiger partial charge in [0.2, 0.25) is 11.8 Å². The number of halogens is 1. The Kier molecular flexibility index (Phi) is 7.05. The number of hydrogen-bond acceptors (Lipinski definition) is 6. The van der Waals surface area contributed by atoms with E-state index in [0.29, 0.717) is 47.9 Å². The average molecular weight is 580 g/mol. The van der Waals surface area contributed by atoms with E-state index in [2.05, 4.69) is 4.98 Å². The summed E-state index contributed by atoms with van der Waals surface area (Å²) in [7, 11) is 1.63. The lowest BCUT2D eigenvalue weighted by molar-refractivity contribution is -0.133. The Morgan fingerprint density at radius 3 is 2.30 bits per heavy atom. The number of primary amides is 1. The lowest BCUT2D eigenvalue weighted by Gasteiger charge is -2.27. The van der Waals surface area contributed by atoms with Gasteiger partial charge in [-0.3, -0.25) is 14.5 Å². The molecule has 2 aromatic heterocycles. The first-order valence-corrected chi connectivity index (χ1v) is 13.8. The summed E-state index contributed by atoms with van der Waals surface area (Å²) >= 11 is 0. The largest absolute Gasteiger partial charge is 0.497 e. The third-order valence-electron chi connectivity index (χ3n) is 7.82. The number of anilines is 2. The fourth-order valence-corrected chi connectivity index (χ4v) is 5.23. The summed E-state index contributed by atoms with van der Waals surface area (Å²) < 4.78 is 27.2. The molecule has 3 aromatic carbocycles. The zero-order chi connectivity index (χ0) is 30.3.